The molecule has 0 aromatic carbocycles. The number of hydrogen-bond acceptors (Lipinski definition) is 14. The second-order valence-electron chi connectivity index (χ2n) is 20.2. The van der Waals surface area contributed by atoms with Gasteiger partial charge in [0.2, 0.25) is 23.5 Å². The molecule has 8 aromatic rings. The first-order valence-electron chi connectivity index (χ1n) is 27.0. The number of nitrogens with zero attached hydrogens (tertiary/aromatic N) is 11. The zero-order valence-electron chi connectivity index (χ0n) is 48.8. The minimum atomic E-state index is -0.635. The highest BCUT2D eigenvalue weighted by Crippen LogP contribution is 2.23. The molecule has 0 aliphatic heterocycles. The molecule has 0 unspecified atom stereocenters. The maximum atomic E-state index is 13.5. The summed E-state index contributed by atoms with van der Waals surface area (Å²) in [4.78, 5) is 143. The molecule has 0 atom stereocenters. The van der Waals surface area contributed by atoms with Crippen LogP contribution in [0.2, 0.25) is 0 Å². The van der Waals surface area contributed by atoms with Crippen LogP contribution in [-0.2, 0) is 66.0 Å². The van der Waals surface area contributed by atoms with E-state index in [0.29, 0.717) is 42.3 Å². The molecule has 0 saturated carbocycles. The molecule has 0 aliphatic rings. The SMILES string of the molecule is Cn1cc(NC(=O)c2cc(NC(=O)c3nc(NC(=O)c4nccn4C)cn3C)cn2C)cc1C(=O)NCCCC(=O)Nc1cn(C)c(C(=O)Nc2cc(C(=O)Nc3cc(C(=O)Nc4cc(C(=O)NCCC(=O)NCCCN)n(C)c4)n(C)c3)n(C)c2)n1. The van der Waals surface area contributed by atoms with Crippen LogP contribution in [-0.4, -0.2) is 137 Å². The quantitative estimate of drug-likeness (QED) is 0.0364. The Morgan fingerprint density at radius 3 is 1.14 bits per heavy atom. The first-order valence-corrected chi connectivity index (χ1v) is 27.0. The Kier molecular flexibility index (Phi) is 19.1. The number of carbonyl (C=O) groups excluding carboxylic acids is 10. The van der Waals surface area contributed by atoms with Gasteiger partial charge < -0.3 is 95.4 Å². The van der Waals surface area contributed by atoms with Gasteiger partial charge in [-0.2, -0.15) is 0 Å². The molecule has 0 radical (unpaired) electrons. The molecule has 32 heteroatoms. The number of aryl methyl sites for hydroxylation is 8. The lowest BCUT2D eigenvalue weighted by atomic mass is 10.3. The number of anilines is 7. The van der Waals surface area contributed by atoms with Crippen LogP contribution in [0.1, 0.15) is 110 Å². The first kappa shape index (κ1) is 61.8. The molecule has 0 bridgehead atoms. The summed E-state index contributed by atoms with van der Waals surface area (Å²) >= 11 is 0. The third-order valence-corrected chi connectivity index (χ3v) is 13.4. The maximum absolute atomic E-state index is 13.5. The van der Waals surface area contributed by atoms with Crippen molar-refractivity contribution in [2.45, 2.75) is 25.7 Å². The van der Waals surface area contributed by atoms with Crippen molar-refractivity contribution in [3.05, 3.63) is 132 Å². The van der Waals surface area contributed by atoms with Gasteiger partial charge in [-0.1, -0.05) is 0 Å². The van der Waals surface area contributed by atoms with Crippen LogP contribution in [0.3, 0.4) is 0 Å². The van der Waals surface area contributed by atoms with Crippen LogP contribution in [0, 0.1) is 0 Å². The van der Waals surface area contributed by atoms with E-state index in [9.17, 15) is 47.9 Å². The van der Waals surface area contributed by atoms with Gasteiger partial charge in [-0.15, -0.1) is 0 Å². The molecule has 0 aliphatic carbocycles. The van der Waals surface area contributed by atoms with Gasteiger partial charge in [0.15, 0.2) is 17.5 Å². The van der Waals surface area contributed by atoms with Gasteiger partial charge in [0.1, 0.15) is 28.5 Å². The Labute approximate surface area is 496 Å². The molecule has 8 rings (SSSR count). The summed E-state index contributed by atoms with van der Waals surface area (Å²) in [6.45, 7) is 1.14. The van der Waals surface area contributed by atoms with Crippen LogP contribution < -0.4 is 58.9 Å². The van der Waals surface area contributed by atoms with Crippen LogP contribution in [0.15, 0.2) is 86.1 Å². The lowest BCUT2D eigenvalue weighted by molar-refractivity contribution is -0.121. The molecule has 0 saturated heterocycles. The average molecular weight is 1200 g/mol. The van der Waals surface area contributed by atoms with E-state index in [1.807, 2.05) is 0 Å². The Morgan fingerprint density at radius 2 is 0.736 bits per heavy atom. The maximum Gasteiger partial charge on any atom is 0.292 e. The van der Waals surface area contributed by atoms with Gasteiger partial charge in [0.25, 0.3) is 47.3 Å². The third kappa shape index (κ3) is 15.3. The molecular weight excluding hydrogens is 1130 g/mol. The molecule has 0 spiro atoms. The summed E-state index contributed by atoms with van der Waals surface area (Å²) < 4.78 is 12.0. The number of rotatable bonds is 25. The molecule has 0 fully saturated rings. The molecule has 32 nitrogen and oxygen atoms in total. The van der Waals surface area contributed by atoms with Crippen molar-refractivity contribution in [3.63, 3.8) is 0 Å². The van der Waals surface area contributed by atoms with E-state index in [1.165, 1.54) is 93.3 Å². The fraction of sp³-hybridized carbons (Fsp3) is 0.291. The van der Waals surface area contributed by atoms with Crippen molar-refractivity contribution in [1.82, 2.24) is 67.4 Å². The normalized spacial score (nSPS) is 11.0. The van der Waals surface area contributed by atoms with Gasteiger partial charge in [-0.05, 0) is 49.7 Å². The van der Waals surface area contributed by atoms with Crippen LogP contribution in [0.25, 0.3) is 0 Å². The lowest BCUT2D eigenvalue weighted by Gasteiger charge is -2.06. The van der Waals surface area contributed by atoms with E-state index < -0.39 is 53.2 Å². The van der Waals surface area contributed by atoms with Gasteiger partial charge in [0, 0.05) is 145 Å². The molecule has 10 amide bonds. The van der Waals surface area contributed by atoms with Gasteiger partial charge >= 0.3 is 0 Å². The number of aromatic nitrogens is 11. The summed E-state index contributed by atoms with van der Waals surface area (Å²) in [6, 6.07) is 7.39. The summed E-state index contributed by atoms with van der Waals surface area (Å²) in [5.74, 6) is -4.51. The second kappa shape index (κ2) is 26.9. The van der Waals surface area contributed by atoms with E-state index in [2.05, 4.69) is 68.1 Å². The highest BCUT2D eigenvalue weighted by Gasteiger charge is 2.24. The zero-order valence-corrected chi connectivity index (χ0v) is 48.8. The van der Waals surface area contributed by atoms with Crippen molar-refractivity contribution in [2.75, 3.05) is 63.4 Å². The largest absolute Gasteiger partial charge is 0.356 e. The summed E-state index contributed by atoms with van der Waals surface area (Å²) in [7, 11) is 12.9. The minimum Gasteiger partial charge on any atom is -0.356 e. The first-order chi connectivity index (χ1) is 41.4. The minimum absolute atomic E-state index is 0.00690. The van der Waals surface area contributed by atoms with Crippen molar-refractivity contribution < 1.29 is 47.9 Å². The third-order valence-electron chi connectivity index (χ3n) is 13.4. The highest BCUT2D eigenvalue weighted by atomic mass is 16.2. The topological polar surface area (TPSA) is 395 Å². The highest BCUT2D eigenvalue weighted by molar-refractivity contribution is 6.10. The predicted octanol–water partition coefficient (Wildman–Crippen LogP) is 1.83. The number of amides is 10. The van der Waals surface area contributed by atoms with Gasteiger partial charge in [-0.25, -0.2) is 15.0 Å². The summed E-state index contributed by atoms with van der Waals surface area (Å²) in [5, 5.41) is 27.2. The van der Waals surface area contributed by atoms with Crippen molar-refractivity contribution >= 4 is 99.1 Å². The van der Waals surface area contributed by atoms with Crippen LogP contribution in [0.5, 0.6) is 0 Å². The smallest absolute Gasteiger partial charge is 0.292 e. The lowest BCUT2D eigenvalue weighted by Crippen LogP contribution is -2.32. The monoisotopic (exact) mass is 1190 g/mol. The van der Waals surface area contributed by atoms with Crippen LogP contribution in [0.4, 0.5) is 40.1 Å². The van der Waals surface area contributed by atoms with E-state index in [4.69, 9.17) is 5.73 Å². The molecule has 456 valence electrons. The fourth-order valence-corrected chi connectivity index (χ4v) is 9.03. The van der Waals surface area contributed by atoms with Crippen molar-refractivity contribution in [1.29, 1.82) is 0 Å². The molecular formula is C55H66N22O10. The Balaban J connectivity index is 0.753. The molecule has 8 heterocycles. The van der Waals surface area contributed by atoms with Gasteiger partial charge in [0.05, 0.1) is 28.4 Å². The Morgan fingerprint density at radius 1 is 0.368 bits per heavy atom. The van der Waals surface area contributed by atoms with Crippen molar-refractivity contribution in [2.24, 2.45) is 62.1 Å². The predicted molar refractivity (Wildman–Crippen MR) is 318 cm³/mol. The van der Waals surface area contributed by atoms with Crippen LogP contribution >= 0.6 is 0 Å². The number of nitrogens with one attached hydrogen (secondary N) is 10. The zero-order chi connectivity index (χ0) is 62.8. The number of carbonyl (C=O) groups is 10. The number of nitrogens with two attached hydrogens (primary N) is 1. The van der Waals surface area contributed by atoms with E-state index in [0.717, 1.165) is 0 Å². The summed E-state index contributed by atoms with van der Waals surface area (Å²) in [5.41, 5.74) is 8.00. The van der Waals surface area contributed by atoms with E-state index in [1.54, 1.807) is 85.7 Å². The number of imidazole rings is 3. The fourth-order valence-electron chi connectivity index (χ4n) is 9.03. The van der Waals surface area contributed by atoms with E-state index in [-0.39, 0.29) is 102 Å². The Hall–Kier alpha value is -11.3. The molecule has 8 aromatic heterocycles. The molecule has 87 heavy (non-hydrogen) atoms. The van der Waals surface area contributed by atoms with Crippen molar-refractivity contribution in [3.8, 4) is 0 Å². The molecule has 12 N–H and O–H groups in total. The standard InChI is InChI=1S/C55H66N22O10/c1-70-18-17-58-45(70)53(85)69-42-30-77(8)47(68-42)55(87)65-35-23-39(74(5)28-35)51(83)61-31-19-36(71(2)24-31)48(80)59-14-9-11-44(79)66-41-29-76(7)46(67-41)54(86)64-34-22-40(75(6)27-34)52(84)63-33-21-38(73(4)26-33)50(82)62-32-20-37(72(3)25-32)49(81)60-16-12-43(78)57-15-10-13-56/h17-30H,9-16,56H2,1-8H3,(H,57,78)(H,59,80)(H,60,81)(H,61,83)(H,62,82)(H,63,84)(H,64,86)(H,65,87)(H,66,79)(H,69,85). The number of hydrogen-bond donors (Lipinski definition) is 11. The Bertz CT molecular complexity index is 3970. The average Bonchev–Trinajstić information content (AvgIpc) is 3.43. The van der Waals surface area contributed by atoms with E-state index >= 15 is 0 Å². The van der Waals surface area contributed by atoms with Gasteiger partial charge in [-0.3, -0.25) is 47.9 Å². The second-order valence-corrected chi connectivity index (χ2v) is 20.2. The summed E-state index contributed by atoms with van der Waals surface area (Å²) in [6.07, 6.45) is 14.7.